The van der Waals surface area contributed by atoms with Crippen molar-refractivity contribution in [1.82, 2.24) is 0 Å². The standard InChI is InChI=1S/C21H18AsBrO/c23-22(16-20(24)17-10-4-1-5-11-17)21(18-12-6-2-7-13-18)19-14-8-3-9-15-19/h1-15,21H,16H2. The zero-order valence-electron chi connectivity index (χ0n) is 13.2. The van der Waals surface area contributed by atoms with Crippen molar-refractivity contribution in [1.29, 1.82) is 0 Å². The maximum atomic E-state index is 12.6. The molecule has 0 aliphatic carbocycles. The van der Waals surface area contributed by atoms with Crippen LogP contribution in [0.15, 0.2) is 91.0 Å². The first-order chi connectivity index (χ1) is 11.8. The Labute approximate surface area is 154 Å². The van der Waals surface area contributed by atoms with Crippen molar-refractivity contribution in [2.75, 3.05) is 0 Å². The van der Waals surface area contributed by atoms with E-state index in [1.165, 1.54) is 11.1 Å². The number of carbonyl (C=O) groups excluding carboxylic acids is 1. The molecule has 120 valence electrons. The predicted molar refractivity (Wildman–Crippen MR) is 105 cm³/mol. The Hall–Kier alpha value is -1.63. The molecule has 0 N–H and O–H groups in total. The summed E-state index contributed by atoms with van der Waals surface area (Å²) >= 11 is 2.33. The Morgan fingerprint density at radius 2 is 1.17 bits per heavy atom. The second-order valence-corrected chi connectivity index (χ2v) is 13.7. The van der Waals surface area contributed by atoms with Crippen LogP contribution >= 0.6 is 13.9 Å². The van der Waals surface area contributed by atoms with Gasteiger partial charge < -0.3 is 0 Å². The molecule has 0 spiro atoms. The van der Waals surface area contributed by atoms with Gasteiger partial charge in [-0.05, 0) is 0 Å². The first kappa shape index (κ1) is 17.2. The number of carbonyl (C=O) groups is 1. The summed E-state index contributed by atoms with van der Waals surface area (Å²) in [5.74, 6) is 0.226. The molecule has 0 aromatic heterocycles. The number of hydrogen-bond donors (Lipinski definition) is 0. The number of rotatable bonds is 6. The SMILES string of the molecule is O=C(C[As](Br)C(c1ccccc1)c1ccccc1)c1ccccc1. The number of halogens is 1. The summed E-state index contributed by atoms with van der Waals surface area (Å²) in [4.78, 5) is 12.6. The van der Waals surface area contributed by atoms with E-state index in [4.69, 9.17) is 0 Å². The molecule has 0 amide bonds. The molecule has 24 heavy (non-hydrogen) atoms. The first-order valence-electron chi connectivity index (χ1n) is 7.86. The predicted octanol–water partition coefficient (Wildman–Crippen LogP) is 5.63. The summed E-state index contributed by atoms with van der Waals surface area (Å²) in [5.41, 5.74) is 3.36. The fraction of sp³-hybridized carbons (Fsp3) is 0.0952. The van der Waals surface area contributed by atoms with Gasteiger partial charge in [0.15, 0.2) is 0 Å². The molecule has 3 heteroatoms. The second-order valence-electron chi connectivity index (χ2n) is 5.57. The molecule has 3 aromatic carbocycles. The van der Waals surface area contributed by atoms with Crippen molar-refractivity contribution in [3.63, 3.8) is 0 Å². The third-order valence-electron chi connectivity index (χ3n) is 3.90. The molecule has 0 fully saturated rings. The van der Waals surface area contributed by atoms with Crippen molar-refractivity contribution in [3.8, 4) is 0 Å². The number of benzene rings is 3. The van der Waals surface area contributed by atoms with Gasteiger partial charge in [0.05, 0.1) is 0 Å². The van der Waals surface area contributed by atoms with Crippen LogP contribution in [0.25, 0.3) is 0 Å². The molecule has 0 saturated carbocycles. The fourth-order valence-electron chi connectivity index (χ4n) is 2.73. The molecule has 0 saturated heterocycles. The maximum absolute atomic E-state index is 12.6. The van der Waals surface area contributed by atoms with E-state index >= 15 is 0 Å². The van der Waals surface area contributed by atoms with Crippen LogP contribution in [0.1, 0.15) is 26.2 Å². The van der Waals surface area contributed by atoms with Crippen LogP contribution in [0.5, 0.6) is 0 Å². The van der Waals surface area contributed by atoms with E-state index in [-0.39, 0.29) is 10.5 Å². The Morgan fingerprint density at radius 1 is 0.750 bits per heavy atom. The second kappa shape index (κ2) is 8.46. The van der Waals surface area contributed by atoms with Crippen LogP contribution in [-0.2, 0) is 0 Å². The minimum atomic E-state index is -1.61. The van der Waals surface area contributed by atoms with Gasteiger partial charge in [-0.25, -0.2) is 0 Å². The quantitative estimate of drug-likeness (QED) is 0.358. The molecular formula is C21H18AsBrO. The van der Waals surface area contributed by atoms with E-state index in [0.29, 0.717) is 5.21 Å². The summed E-state index contributed by atoms with van der Waals surface area (Å²) in [6.07, 6.45) is 0. The Kier molecular flexibility index (Phi) is 6.06. The Morgan fingerprint density at radius 3 is 1.62 bits per heavy atom. The van der Waals surface area contributed by atoms with Crippen LogP contribution in [0.3, 0.4) is 0 Å². The van der Waals surface area contributed by atoms with E-state index in [1.54, 1.807) is 0 Å². The van der Waals surface area contributed by atoms with Gasteiger partial charge in [0.2, 0.25) is 0 Å². The molecule has 0 aliphatic rings. The summed E-state index contributed by atoms with van der Waals surface area (Å²) in [6, 6.07) is 30.6. The van der Waals surface area contributed by atoms with Gasteiger partial charge in [0.1, 0.15) is 0 Å². The zero-order valence-corrected chi connectivity index (χ0v) is 16.6. The van der Waals surface area contributed by atoms with Gasteiger partial charge in [-0.3, -0.25) is 0 Å². The molecule has 0 bridgehead atoms. The molecular weight excluding hydrogens is 423 g/mol. The van der Waals surface area contributed by atoms with Crippen molar-refractivity contribution in [2.45, 2.75) is 9.91 Å². The summed E-state index contributed by atoms with van der Waals surface area (Å²) in [7, 11) is 0. The minimum absolute atomic E-state index is 0.226. The van der Waals surface area contributed by atoms with Gasteiger partial charge in [-0.2, -0.15) is 0 Å². The van der Waals surface area contributed by atoms with E-state index in [1.807, 2.05) is 42.5 Å². The molecule has 1 unspecified atom stereocenters. The van der Waals surface area contributed by atoms with Gasteiger partial charge >= 0.3 is 155 Å². The average Bonchev–Trinajstić information content (AvgIpc) is 2.64. The monoisotopic (exact) mass is 440 g/mol. The van der Waals surface area contributed by atoms with E-state index < -0.39 is 12.8 Å². The molecule has 1 nitrogen and oxygen atoms in total. The summed E-state index contributed by atoms with van der Waals surface area (Å²) in [5, 5.41) is 0.603. The molecule has 3 aromatic rings. The van der Waals surface area contributed by atoms with Gasteiger partial charge in [0.25, 0.3) is 0 Å². The Bertz CT molecular complexity index is 735. The molecule has 1 atom stereocenters. The normalized spacial score (nSPS) is 12.1. The molecule has 3 rings (SSSR count). The van der Waals surface area contributed by atoms with E-state index in [0.717, 1.165) is 5.56 Å². The van der Waals surface area contributed by atoms with Crippen LogP contribution in [0, 0.1) is 0 Å². The molecule has 0 heterocycles. The van der Waals surface area contributed by atoms with E-state index in [2.05, 4.69) is 62.5 Å². The zero-order chi connectivity index (χ0) is 16.8. The molecule has 0 aliphatic heterocycles. The first-order valence-corrected chi connectivity index (χ1v) is 14.7. The van der Waals surface area contributed by atoms with Crippen LogP contribution < -0.4 is 0 Å². The van der Waals surface area contributed by atoms with Crippen molar-refractivity contribution < 1.29 is 4.79 Å². The van der Waals surface area contributed by atoms with Gasteiger partial charge in [-0.1, -0.05) is 0 Å². The van der Waals surface area contributed by atoms with Gasteiger partial charge in [0, 0.05) is 0 Å². The molecule has 0 radical (unpaired) electrons. The fourth-order valence-corrected chi connectivity index (χ4v) is 9.79. The summed E-state index contributed by atoms with van der Waals surface area (Å²) < 4.78 is 0.285. The average molecular weight is 441 g/mol. The van der Waals surface area contributed by atoms with Crippen LogP contribution in [-0.4, -0.2) is 18.6 Å². The van der Waals surface area contributed by atoms with Crippen LogP contribution in [0.4, 0.5) is 0 Å². The van der Waals surface area contributed by atoms with Crippen molar-refractivity contribution >= 4 is 32.5 Å². The number of ketones is 1. The third-order valence-corrected chi connectivity index (χ3v) is 11.0. The Balaban J connectivity index is 1.87. The topological polar surface area (TPSA) is 17.1 Å². The van der Waals surface area contributed by atoms with Crippen molar-refractivity contribution in [2.24, 2.45) is 0 Å². The third kappa shape index (κ3) is 4.26. The van der Waals surface area contributed by atoms with E-state index in [9.17, 15) is 4.79 Å². The summed E-state index contributed by atoms with van der Waals surface area (Å²) in [6.45, 7) is 0. The van der Waals surface area contributed by atoms with Crippen molar-refractivity contribution in [3.05, 3.63) is 108 Å². The number of hydrogen-bond acceptors (Lipinski definition) is 1. The van der Waals surface area contributed by atoms with Gasteiger partial charge in [-0.15, -0.1) is 0 Å². The van der Waals surface area contributed by atoms with Crippen LogP contribution in [0.2, 0.25) is 5.21 Å². The number of Topliss-reactive ketones (excluding diaryl/α,β-unsaturated/α-hetero) is 1.